The van der Waals surface area contributed by atoms with Crippen molar-refractivity contribution in [3.05, 3.63) is 35.9 Å². The Kier molecular flexibility index (Phi) is 8.36. The number of carbonyl (C=O) groups excluding carboxylic acids is 2. The Morgan fingerprint density at radius 2 is 1.97 bits per heavy atom. The molecule has 0 radical (unpaired) electrons. The molecule has 1 amide bonds. The third kappa shape index (κ3) is 7.26. The Morgan fingerprint density at radius 1 is 1.28 bits per heavy atom. The summed E-state index contributed by atoms with van der Waals surface area (Å²) in [5.74, 6) is -1.20. The first-order chi connectivity index (χ1) is 13.7. The molecule has 1 aromatic rings. The fraction of sp³-hybridized carbons (Fsp3) is 0.500. The van der Waals surface area contributed by atoms with Crippen LogP contribution in [0.5, 0.6) is 0 Å². The summed E-state index contributed by atoms with van der Waals surface area (Å²) in [5.41, 5.74) is 1.91. The Morgan fingerprint density at radius 3 is 2.59 bits per heavy atom. The van der Waals surface area contributed by atoms with E-state index < -0.39 is 27.9 Å². The SMILES string of the molecule is CC(C)C[C@@H](NS(=O)(=O)c1cccc(/C=C/C(=O)NO)c1)C(=O)OC1CCCC1. The second-order valence-corrected chi connectivity index (χ2v) is 9.24. The Bertz CT molecular complexity index is 844. The zero-order valence-electron chi connectivity index (χ0n) is 16.6. The van der Waals surface area contributed by atoms with E-state index in [9.17, 15) is 18.0 Å². The molecule has 0 spiro atoms. The predicted molar refractivity (Wildman–Crippen MR) is 107 cm³/mol. The van der Waals surface area contributed by atoms with E-state index in [0.29, 0.717) is 12.0 Å². The van der Waals surface area contributed by atoms with Gasteiger partial charge in [-0.2, -0.15) is 4.72 Å². The minimum Gasteiger partial charge on any atom is -0.461 e. The van der Waals surface area contributed by atoms with Crippen molar-refractivity contribution in [2.75, 3.05) is 0 Å². The van der Waals surface area contributed by atoms with Crippen LogP contribution in [0.4, 0.5) is 0 Å². The molecule has 2 rings (SSSR count). The molecule has 3 N–H and O–H groups in total. The lowest BCUT2D eigenvalue weighted by atomic mass is 10.0. The van der Waals surface area contributed by atoms with Crippen LogP contribution in [0.1, 0.15) is 51.5 Å². The standard InChI is InChI=1S/C20H28N2O6S/c1-14(2)12-18(20(24)28-16-7-3-4-8-16)22-29(26,27)17-9-5-6-15(13-17)10-11-19(23)21-25/h5-6,9-11,13-14,16,18,22,25H,3-4,7-8,12H2,1-2H3,(H,21,23)/b11-10+/t18-/m1/s1. The van der Waals surface area contributed by atoms with E-state index in [2.05, 4.69) is 4.72 Å². The van der Waals surface area contributed by atoms with Crippen molar-refractivity contribution in [2.24, 2.45) is 5.92 Å². The van der Waals surface area contributed by atoms with E-state index in [1.165, 1.54) is 29.8 Å². The molecular weight excluding hydrogens is 396 g/mol. The van der Waals surface area contributed by atoms with Gasteiger partial charge in [0.05, 0.1) is 4.90 Å². The van der Waals surface area contributed by atoms with Crippen molar-refractivity contribution in [1.82, 2.24) is 10.2 Å². The molecule has 0 aromatic heterocycles. The van der Waals surface area contributed by atoms with Crippen molar-refractivity contribution in [1.29, 1.82) is 0 Å². The summed E-state index contributed by atoms with van der Waals surface area (Å²) in [4.78, 5) is 23.7. The summed E-state index contributed by atoms with van der Waals surface area (Å²) in [7, 11) is -3.99. The molecule has 1 aliphatic carbocycles. The maximum Gasteiger partial charge on any atom is 0.324 e. The third-order valence-electron chi connectivity index (χ3n) is 4.58. The Labute approximate surface area is 171 Å². The number of sulfonamides is 1. The van der Waals surface area contributed by atoms with Gasteiger partial charge in [-0.1, -0.05) is 26.0 Å². The molecular formula is C20H28N2O6S. The van der Waals surface area contributed by atoms with Crippen molar-refractivity contribution in [2.45, 2.75) is 63.0 Å². The average molecular weight is 425 g/mol. The smallest absolute Gasteiger partial charge is 0.324 e. The monoisotopic (exact) mass is 424 g/mol. The van der Waals surface area contributed by atoms with Crippen molar-refractivity contribution < 1.29 is 28.0 Å². The minimum atomic E-state index is -3.99. The maximum atomic E-state index is 12.9. The van der Waals surface area contributed by atoms with Gasteiger partial charge in [-0.3, -0.25) is 14.8 Å². The van der Waals surface area contributed by atoms with Gasteiger partial charge in [0.25, 0.3) is 5.91 Å². The first-order valence-electron chi connectivity index (χ1n) is 9.66. The van der Waals surface area contributed by atoms with Gasteiger partial charge in [-0.25, -0.2) is 13.9 Å². The molecule has 0 saturated heterocycles. The summed E-state index contributed by atoms with van der Waals surface area (Å²) in [6.45, 7) is 3.81. The molecule has 160 valence electrons. The normalized spacial score (nSPS) is 16.3. The molecule has 0 bridgehead atoms. The zero-order chi connectivity index (χ0) is 21.4. The van der Waals surface area contributed by atoms with E-state index >= 15 is 0 Å². The molecule has 1 aromatic carbocycles. The first-order valence-corrected chi connectivity index (χ1v) is 11.1. The lowest BCUT2D eigenvalue weighted by Crippen LogP contribution is -2.43. The Balaban J connectivity index is 2.17. The summed E-state index contributed by atoms with van der Waals surface area (Å²) in [6.07, 6.45) is 6.24. The van der Waals surface area contributed by atoms with Gasteiger partial charge >= 0.3 is 5.97 Å². The topological polar surface area (TPSA) is 122 Å². The highest BCUT2D eigenvalue weighted by atomic mass is 32.2. The number of carbonyl (C=O) groups is 2. The van der Waals surface area contributed by atoms with Crippen LogP contribution < -0.4 is 10.2 Å². The maximum absolute atomic E-state index is 12.9. The number of rotatable bonds is 9. The molecule has 29 heavy (non-hydrogen) atoms. The molecule has 0 aliphatic heterocycles. The van der Waals surface area contributed by atoms with Crippen LogP contribution in [0.2, 0.25) is 0 Å². The summed E-state index contributed by atoms with van der Waals surface area (Å²) in [5, 5.41) is 8.52. The molecule has 1 fully saturated rings. The second-order valence-electron chi connectivity index (χ2n) is 7.53. The third-order valence-corrected chi connectivity index (χ3v) is 6.05. The number of hydroxylamine groups is 1. The van der Waals surface area contributed by atoms with E-state index in [0.717, 1.165) is 31.8 Å². The van der Waals surface area contributed by atoms with Gasteiger partial charge in [-0.05, 0) is 61.8 Å². The fourth-order valence-corrected chi connectivity index (χ4v) is 4.42. The number of nitrogens with one attached hydrogen (secondary N) is 2. The van der Waals surface area contributed by atoms with Crippen LogP contribution in [0, 0.1) is 5.92 Å². The summed E-state index contributed by atoms with van der Waals surface area (Å²) >= 11 is 0. The lowest BCUT2D eigenvalue weighted by Gasteiger charge is -2.21. The van der Waals surface area contributed by atoms with Gasteiger partial charge in [0.2, 0.25) is 10.0 Å². The zero-order valence-corrected chi connectivity index (χ0v) is 17.4. The molecule has 1 aliphatic rings. The number of esters is 1. The molecule has 1 atom stereocenters. The van der Waals surface area contributed by atoms with Gasteiger partial charge in [0.15, 0.2) is 0 Å². The van der Waals surface area contributed by atoms with Crippen LogP contribution in [-0.2, 0) is 24.3 Å². The van der Waals surface area contributed by atoms with Crippen LogP contribution in [0.25, 0.3) is 6.08 Å². The van der Waals surface area contributed by atoms with Crippen molar-refractivity contribution >= 4 is 28.0 Å². The quantitative estimate of drug-likeness (QED) is 0.242. The predicted octanol–water partition coefficient (Wildman–Crippen LogP) is 2.38. The number of ether oxygens (including phenoxy) is 1. The molecule has 9 heteroatoms. The number of benzene rings is 1. The van der Waals surface area contributed by atoms with E-state index in [-0.39, 0.29) is 16.9 Å². The molecule has 0 heterocycles. The lowest BCUT2D eigenvalue weighted by molar-refractivity contribution is -0.151. The average Bonchev–Trinajstić information content (AvgIpc) is 3.18. The van der Waals surface area contributed by atoms with Gasteiger partial charge < -0.3 is 4.74 Å². The van der Waals surface area contributed by atoms with Crippen molar-refractivity contribution in [3.8, 4) is 0 Å². The fourth-order valence-electron chi connectivity index (χ4n) is 3.17. The van der Waals surface area contributed by atoms with Gasteiger partial charge in [-0.15, -0.1) is 0 Å². The van der Waals surface area contributed by atoms with E-state index in [1.807, 2.05) is 13.8 Å². The molecule has 8 nitrogen and oxygen atoms in total. The van der Waals surface area contributed by atoms with Gasteiger partial charge in [0.1, 0.15) is 12.1 Å². The highest BCUT2D eigenvalue weighted by Crippen LogP contribution is 2.22. The highest BCUT2D eigenvalue weighted by molar-refractivity contribution is 7.89. The number of amides is 1. The van der Waals surface area contributed by atoms with Crippen LogP contribution in [0.15, 0.2) is 35.2 Å². The first kappa shape index (κ1) is 23.1. The summed E-state index contributed by atoms with van der Waals surface area (Å²) in [6, 6.07) is 4.94. The number of hydrogen-bond acceptors (Lipinski definition) is 6. The highest BCUT2D eigenvalue weighted by Gasteiger charge is 2.30. The molecule has 0 unspecified atom stereocenters. The van der Waals surface area contributed by atoms with E-state index in [4.69, 9.17) is 9.94 Å². The number of hydrogen-bond donors (Lipinski definition) is 3. The van der Waals surface area contributed by atoms with Crippen LogP contribution in [-0.4, -0.2) is 37.6 Å². The van der Waals surface area contributed by atoms with E-state index in [1.54, 1.807) is 6.07 Å². The largest absolute Gasteiger partial charge is 0.461 e. The van der Waals surface area contributed by atoms with Crippen LogP contribution >= 0.6 is 0 Å². The van der Waals surface area contributed by atoms with Crippen molar-refractivity contribution in [3.63, 3.8) is 0 Å². The second kappa shape index (κ2) is 10.5. The van der Waals surface area contributed by atoms with Gasteiger partial charge in [0, 0.05) is 6.08 Å². The molecule has 1 saturated carbocycles. The Hall–Kier alpha value is -2.23. The van der Waals surface area contributed by atoms with Crippen LogP contribution in [0.3, 0.4) is 0 Å². The minimum absolute atomic E-state index is 0.0357. The summed E-state index contributed by atoms with van der Waals surface area (Å²) < 4.78 is 33.7.